The van der Waals surface area contributed by atoms with Gasteiger partial charge in [0.25, 0.3) is 10.2 Å². The van der Waals surface area contributed by atoms with Gasteiger partial charge < -0.3 is 10.5 Å². The maximum Gasteiger partial charge on any atom is 0.280 e. The van der Waals surface area contributed by atoms with Crippen LogP contribution in [-0.2, 0) is 14.9 Å². The number of rotatable bonds is 5. The molecule has 144 valence electrons. The second-order valence-electron chi connectivity index (χ2n) is 6.59. The number of halogens is 1. The van der Waals surface area contributed by atoms with E-state index >= 15 is 0 Å². The third-order valence-electron chi connectivity index (χ3n) is 4.43. The van der Waals surface area contributed by atoms with E-state index in [1.54, 1.807) is 0 Å². The first kappa shape index (κ1) is 21.1. The molecule has 1 heterocycles. The molecule has 0 radical (unpaired) electrons. The van der Waals surface area contributed by atoms with Gasteiger partial charge in [0.15, 0.2) is 0 Å². The predicted octanol–water partition coefficient (Wildman–Crippen LogP) is 2.21. The van der Waals surface area contributed by atoms with Gasteiger partial charge in [-0.15, -0.1) is 12.4 Å². The van der Waals surface area contributed by atoms with Crippen LogP contribution < -0.4 is 10.5 Å². The molecule has 2 aromatic rings. The summed E-state index contributed by atoms with van der Waals surface area (Å²) >= 11 is 0. The van der Waals surface area contributed by atoms with Gasteiger partial charge >= 0.3 is 0 Å². The predicted molar refractivity (Wildman–Crippen MR) is 107 cm³/mol. The quantitative estimate of drug-likeness (QED) is 0.807. The molecule has 26 heavy (non-hydrogen) atoms. The molecule has 1 aliphatic heterocycles. The molecule has 6 nitrogen and oxygen atoms in total. The number of ether oxygens (including phenoxy) is 1. The van der Waals surface area contributed by atoms with E-state index in [4.69, 9.17) is 10.5 Å². The zero-order valence-corrected chi connectivity index (χ0v) is 16.6. The van der Waals surface area contributed by atoms with E-state index in [0.29, 0.717) is 13.1 Å². The minimum absolute atomic E-state index is 0. The van der Waals surface area contributed by atoms with Gasteiger partial charge in [-0.1, -0.05) is 36.4 Å². The molecule has 3 N–H and O–H groups in total. The largest absolute Gasteiger partial charge is 0.373 e. The van der Waals surface area contributed by atoms with Gasteiger partial charge in [-0.3, -0.25) is 0 Å². The van der Waals surface area contributed by atoms with Crippen molar-refractivity contribution >= 4 is 33.4 Å². The summed E-state index contributed by atoms with van der Waals surface area (Å²) in [5.41, 5.74) is 6.73. The van der Waals surface area contributed by atoms with Gasteiger partial charge in [-0.2, -0.15) is 17.4 Å². The van der Waals surface area contributed by atoms with E-state index in [2.05, 4.69) is 4.72 Å². The van der Waals surface area contributed by atoms with Gasteiger partial charge in [-0.25, -0.2) is 0 Å². The lowest BCUT2D eigenvalue weighted by Gasteiger charge is -2.35. The second kappa shape index (κ2) is 8.65. The summed E-state index contributed by atoms with van der Waals surface area (Å²) in [7, 11) is -3.64. The Balaban J connectivity index is 0.00000243. The topological polar surface area (TPSA) is 84.7 Å². The molecule has 1 aliphatic rings. The first-order valence-electron chi connectivity index (χ1n) is 8.50. The maximum absolute atomic E-state index is 12.8. The van der Waals surface area contributed by atoms with Crippen LogP contribution in [0.15, 0.2) is 42.5 Å². The summed E-state index contributed by atoms with van der Waals surface area (Å²) in [5.74, 6) is 0. The Morgan fingerprint density at radius 2 is 1.77 bits per heavy atom. The van der Waals surface area contributed by atoms with Crippen LogP contribution in [0.1, 0.15) is 25.5 Å². The Morgan fingerprint density at radius 1 is 1.15 bits per heavy atom. The van der Waals surface area contributed by atoms with Gasteiger partial charge in [0.05, 0.1) is 18.2 Å². The molecule has 1 saturated heterocycles. The van der Waals surface area contributed by atoms with Crippen LogP contribution in [0, 0.1) is 0 Å². The van der Waals surface area contributed by atoms with Crippen molar-refractivity contribution in [1.29, 1.82) is 0 Å². The molecule has 0 aromatic heterocycles. The van der Waals surface area contributed by atoms with Gasteiger partial charge in [0.1, 0.15) is 0 Å². The molecule has 0 aliphatic carbocycles. The van der Waals surface area contributed by atoms with E-state index < -0.39 is 16.3 Å². The number of benzene rings is 2. The molecular formula is C18H26ClN3O3S. The molecule has 0 amide bonds. The van der Waals surface area contributed by atoms with E-state index in [1.165, 1.54) is 4.31 Å². The van der Waals surface area contributed by atoms with Crippen LogP contribution in [0.25, 0.3) is 10.8 Å². The second-order valence-corrected chi connectivity index (χ2v) is 8.29. The Hall–Kier alpha value is -1.22. The molecule has 3 rings (SSSR count). The number of hydrogen-bond donors (Lipinski definition) is 2. The van der Waals surface area contributed by atoms with Crippen molar-refractivity contribution in [3.05, 3.63) is 48.0 Å². The van der Waals surface area contributed by atoms with Crippen molar-refractivity contribution < 1.29 is 13.2 Å². The number of fused-ring (bicyclic) bond motifs is 1. The van der Waals surface area contributed by atoms with Gasteiger partial charge in [0.2, 0.25) is 0 Å². The SMILES string of the molecule is CC1CN(S(=O)(=O)NC(CN)c2ccc3ccccc3c2)CC(C)O1.Cl. The molecular weight excluding hydrogens is 374 g/mol. The highest BCUT2D eigenvalue weighted by molar-refractivity contribution is 7.87. The summed E-state index contributed by atoms with van der Waals surface area (Å²) in [4.78, 5) is 0. The summed E-state index contributed by atoms with van der Waals surface area (Å²) < 4.78 is 35.4. The smallest absolute Gasteiger partial charge is 0.280 e. The van der Waals surface area contributed by atoms with Crippen molar-refractivity contribution in [1.82, 2.24) is 9.03 Å². The molecule has 3 atom stereocenters. The van der Waals surface area contributed by atoms with Crippen molar-refractivity contribution in [2.45, 2.75) is 32.1 Å². The number of morpholine rings is 1. The number of nitrogens with two attached hydrogens (primary N) is 1. The normalized spacial score (nSPS) is 22.7. The first-order valence-corrected chi connectivity index (χ1v) is 9.94. The highest BCUT2D eigenvalue weighted by Crippen LogP contribution is 2.22. The minimum Gasteiger partial charge on any atom is -0.373 e. The maximum atomic E-state index is 12.8. The summed E-state index contributed by atoms with van der Waals surface area (Å²) in [6.45, 7) is 4.63. The number of nitrogens with one attached hydrogen (secondary N) is 1. The van der Waals surface area contributed by atoms with Crippen LogP contribution in [-0.4, -0.2) is 44.6 Å². The fourth-order valence-corrected chi connectivity index (χ4v) is 4.81. The van der Waals surface area contributed by atoms with Crippen molar-refractivity contribution in [3.63, 3.8) is 0 Å². The fourth-order valence-electron chi connectivity index (χ4n) is 3.26. The van der Waals surface area contributed by atoms with Crippen LogP contribution in [0.4, 0.5) is 0 Å². The molecule has 0 spiro atoms. The molecule has 8 heteroatoms. The summed E-state index contributed by atoms with van der Waals surface area (Å²) in [6.07, 6.45) is -0.255. The Kier molecular flexibility index (Phi) is 7.01. The lowest BCUT2D eigenvalue weighted by Crippen LogP contribution is -2.53. The number of nitrogens with zero attached hydrogens (tertiary/aromatic N) is 1. The van der Waals surface area contributed by atoms with Crippen LogP contribution in [0.2, 0.25) is 0 Å². The Morgan fingerprint density at radius 3 is 2.38 bits per heavy atom. The summed E-state index contributed by atoms with van der Waals surface area (Å²) in [5, 5.41) is 2.17. The zero-order chi connectivity index (χ0) is 18.0. The van der Waals surface area contributed by atoms with Gasteiger partial charge in [-0.05, 0) is 36.2 Å². The van der Waals surface area contributed by atoms with Crippen LogP contribution in [0.3, 0.4) is 0 Å². The lowest BCUT2D eigenvalue weighted by atomic mass is 10.0. The molecule has 0 bridgehead atoms. The minimum atomic E-state index is -3.64. The zero-order valence-electron chi connectivity index (χ0n) is 15.0. The third kappa shape index (κ3) is 4.73. The fraction of sp³-hybridized carbons (Fsp3) is 0.444. The number of hydrogen-bond acceptors (Lipinski definition) is 4. The molecule has 0 saturated carbocycles. The Labute approximate surface area is 161 Å². The van der Waals surface area contributed by atoms with E-state index in [-0.39, 0.29) is 31.2 Å². The lowest BCUT2D eigenvalue weighted by molar-refractivity contribution is -0.0444. The molecule has 1 fully saturated rings. The monoisotopic (exact) mass is 399 g/mol. The van der Waals surface area contributed by atoms with E-state index in [0.717, 1.165) is 16.3 Å². The summed E-state index contributed by atoms with van der Waals surface area (Å²) in [6, 6.07) is 13.4. The standard InChI is InChI=1S/C18H25N3O3S.ClH/c1-13-11-21(12-14(2)24-13)25(22,23)20-18(10-19)17-8-7-15-5-3-4-6-16(15)9-17;/h3-9,13-14,18,20H,10-12,19H2,1-2H3;1H. The van der Waals surface area contributed by atoms with Crippen molar-refractivity contribution in [2.24, 2.45) is 5.73 Å². The Bertz CT molecular complexity index is 836. The van der Waals surface area contributed by atoms with E-state index in [1.807, 2.05) is 56.3 Å². The van der Waals surface area contributed by atoms with E-state index in [9.17, 15) is 8.42 Å². The molecule has 3 unspecified atom stereocenters. The highest BCUT2D eigenvalue weighted by atomic mass is 35.5. The average molecular weight is 400 g/mol. The van der Waals surface area contributed by atoms with Gasteiger partial charge in [0, 0.05) is 19.6 Å². The van der Waals surface area contributed by atoms with Crippen LogP contribution >= 0.6 is 12.4 Å². The highest BCUT2D eigenvalue weighted by Gasteiger charge is 2.32. The van der Waals surface area contributed by atoms with Crippen molar-refractivity contribution in [3.8, 4) is 0 Å². The van der Waals surface area contributed by atoms with Crippen LogP contribution in [0.5, 0.6) is 0 Å². The average Bonchev–Trinajstić information content (AvgIpc) is 2.58. The molecule has 2 aromatic carbocycles. The third-order valence-corrected chi connectivity index (χ3v) is 5.99. The van der Waals surface area contributed by atoms with Crippen molar-refractivity contribution in [2.75, 3.05) is 19.6 Å². The first-order chi connectivity index (χ1) is 11.9.